The van der Waals surface area contributed by atoms with Crippen molar-refractivity contribution >= 4 is 17.5 Å². The average molecular weight is 359 g/mol. The van der Waals surface area contributed by atoms with Crippen LogP contribution in [0.4, 0.5) is 5.82 Å². The minimum Gasteiger partial charge on any atom is -0.310 e. The topological polar surface area (TPSA) is 64.0 Å². The third kappa shape index (κ3) is 3.05. The van der Waals surface area contributed by atoms with Gasteiger partial charge in [-0.3, -0.25) is 9.59 Å². The first kappa shape index (κ1) is 17.2. The highest BCUT2D eigenvalue weighted by Gasteiger charge is 2.36. The summed E-state index contributed by atoms with van der Waals surface area (Å²) in [4.78, 5) is 25.5. The Bertz CT molecular complexity index is 1030. The minimum atomic E-state index is -0.518. The van der Waals surface area contributed by atoms with Crippen molar-refractivity contribution in [1.29, 1.82) is 0 Å². The lowest BCUT2D eigenvalue weighted by Crippen LogP contribution is -2.28. The highest BCUT2D eigenvalue weighted by Crippen LogP contribution is 2.38. The monoisotopic (exact) mass is 359 g/mol. The number of benzene rings is 2. The molecule has 0 bridgehead atoms. The number of anilines is 1. The van der Waals surface area contributed by atoms with Crippen LogP contribution in [0.1, 0.15) is 45.1 Å². The van der Waals surface area contributed by atoms with Gasteiger partial charge in [-0.25, -0.2) is 4.68 Å². The lowest BCUT2D eigenvalue weighted by Gasteiger charge is -2.23. The number of aryl methyl sites for hydroxylation is 3. The summed E-state index contributed by atoms with van der Waals surface area (Å²) < 4.78 is 1.74. The fraction of sp³-hybridized carbons (Fsp3) is 0.227. The second kappa shape index (κ2) is 6.50. The summed E-state index contributed by atoms with van der Waals surface area (Å²) in [5.74, 6) is -0.129. The smallest absolute Gasteiger partial charge is 0.226 e. The van der Waals surface area contributed by atoms with Gasteiger partial charge in [-0.1, -0.05) is 36.4 Å². The Hall–Kier alpha value is -3.21. The molecule has 1 N–H and O–H groups in total. The standard InChI is InChI=1S/C22H21N3O2/c1-13-9-14(2)11-17(10-13)25-22-20(15(3)24-25)18(12-19(26)23-22)21(27)16-7-5-4-6-8-16/h4-11,18H,12H2,1-3H3,(H,23,26). The molecule has 1 aromatic heterocycles. The molecule has 0 radical (unpaired) electrons. The van der Waals surface area contributed by atoms with Crippen molar-refractivity contribution < 1.29 is 9.59 Å². The van der Waals surface area contributed by atoms with Crippen molar-refractivity contribution in [3.05, 3.63) is 76.5 Å². The number of fused-ring (bicyclic) bond motifs is 1. The van der Waals surface area contributed by atoms with Crippen molar-refractivity contribution in [3.8, 4) is 5.69 Å². The van der Waals surface area contributed by atoms with E-state index >= 15 is 0 Å². The first-order valence-electron chi connectivity index (χ1n) is 9.01. The van der Waals surface area contributed by atoms with Gasteiger partial charge in [-0.05, 0) is 44.0 Å². The Kier molecular flexibility index (Phi) is 4.15. The molecular weight excluding hydrogens is 338 g/mol. The molecular formula is C22H21N3O2. The van der Waals surface area contributed by atoms with E-state index in [1.807, 2.05) is 51.1 Å². The minimum absolute atomic E-state index is 0.0465. The van der Waals surface area contributed by atoms with Gasteiger partial charge in [0.1, 0.15) is 5.82 Å². The molecule has 0 spiro atoms. The highest BCUT2D eigenvalue weighted by molar-refractivity contribution is 6.07. The van der Waals surface area contributed by atoms with E-state index in [0.29, 0.717) is 11.4 Å². The Labute approximate surface area is 158 Å². The predicted molar refractivity (Wildman–Crippen MR) is 105 cm³/mol. The van der Waals surface area contributed by atoms with Gasteiger partial charge >= 0.3 is 0 Å². The zero-order chi connectivity index (χ0) is 19.1. The van der Waals surface area contributed by atoms with Crippen molar-refractivity contribution in [1.82, 2.24) is 9.78 Å². The molecule has 5 nitrogen and oxygen atoms in total. The number of ketones is 1. The van der Waals surface area contributed by atoms with Gasteiger partial charge in [0.25, 0.3) is 0 Å². The molecule has 0 fully saturated rings. The van der Waals surface area contributed by atoms with Gasteiger partial charge in [-0.15, -0.1) is 0 Å². The molecule has 5 heteroatoms. The van der Waals surface area contributed by atoms with Crippen molar-refractivity contribution in [2.24, 2.45) is 0 Å². The summed E-state index contributed by atoms with van der Waals surface area (Å²) in [6, 6.07) is 15.3. The maximum absolute atomic E-state index is 13.1. The first-order valence-corrected chi connectivity index (χ1v) is 9.01. The van der Waals surface area contributed by atoms with E-state index in [0.717, 1.165) is 28.1 Å². The van der Waals surface area contributed by atoms with E-state index in [-0.39, 0.29) is 18.1 Å². The van der Waals surface area contributed by atoms with Crippen LogP contribution in [0.2, 0.25) is 0 Å². The number of carbonyl (C=O) groups excluding carboxylic acids is 2. The summed E-state index contributed by atoms with van der Waals surface area (Å²) in [7, 11) is 0. The van der Waals surface area contributed by atoms with E-state index < -0.39 is 5.92 Å². The number of hydrogen-bond donors (Lipinski definition) is 1. The van der Waals surface area contributed by atoms with E-state index in [9.17, 15) is 9.59 Å². The number of nitrogens with zero attached hydrogens (tertiary/aromatic N) is 2. The first-order chi connectivity index (χ1) is 12.9. The summed E-state index contributed by atoms with van der Waals surface area (Å²) >= 11 is 0. The van der Waals surface area contributed by atoms with E-state index in [2.05, 4.69) is 16.5 Å². The Balaban J connectivity index is 1.85. The van der Waals surface area contributed by atoms with Crippen molar-refractivity contribution in [2.75, 3.05) is 5.32 Å². The Morgan fingerprint density at radius 1 is 1.07 bits per heavy atom. The predicted octanol–water partition coefficient (Wildman–Crippen LogP) is 4.11. The molecule has 1 aliphatic heterocycles. The number of aromatic nitrogens is 2. The van der Waals surface area contributed by atoms with Gasteiger partial charge in [0, 0.05) is 17.5 Å². The number of nitrogens with one attached hydrogen (secondary N) is 1. The zero-order valence-electron chi connectivity index (χ0n) is 15.6. The maximum atomic E-state index is 13.1. The number of carbonyl (C=O) groups is 2. The fourth-order valence-electron chi connectivity index (χ4n) is 3.83. The SMILES string of the molecule is Cc1cc(C)cc(-n2nc(C)c3c2NC(=O)CC3C(=O)c2ccccc2)c1. The third-order valence-electron chi connectivity index (χ3n) is 4.93. The summed E-state index contributed by atoms with van der Waals surface area (Å²) in [5.41, 5.74) is 5.30. The summed E-state index contributed by atoms with van der Waals surface area (Å²) in [6.07, 6.45) is 0.139. The van der Waals surface area contributed by atoms with Gasteiger partial charge < -0.3 is 5.32 Å². The molecule has 1 aliphatic rings. The second-order valence-corrected chi connectivity index (χ2v) is 7.14. The van der Waals surface area contributed by atoms with Crippen molar-refractivity contribution in [3.63, 3.8) is 0 Å². The van der Waals surface area contributed by atoms with Crippen molar-refractivity contribution in [2.45, 2.75) is 33.1 Å². The number of Topliss-reactive ketones (excluding diaryl/α,β-unsaturated/α-hetero) is 1. The fourth-order valence-corrected chi connectivity index (χ4v) is 3.83. The van der Waals surface area contributed by atoms with Gasteiger partial charge in [-0.2, -0.15) is 5.10 Å². The summed E-state index contributed by atoms with van der Waals surface area (Å²) in [6.45, 7) is 5.94. The van der Waals surface area contributed by atoms with E-state index in [1.54, 1.807) is 16.8 Å². The molecule has 27 heavy (non-hydrogen) atoms. The van der Waals surface area contributed by atoms with Gasteiger partial charge in [0.05, 0.1) is 17.3 Å². The average Bonchev–Trinajstić information content (AvgIpc) is 2.97. The number of rotatable bonds is 3. The van der Waals surface area contributed by atoms with Crippen LogP contribution in [0.3, 0.4) is 0 Å². The molecule has 2 heterocycles. The van der Waals surface area contributed by atoms with E-state index in [1.165, 1.54) is 0 Å². The Morgan fingerprint density at radius 3 is 2.41 bits per heavy atom. The molecule has 3 aromatic rings. The van der Waals surface area contributed by atoms with Gasteiger partial charge in [0.15, 0.2) is 5.78 Å². The lowest BCUT2D eigenvalue weighted by atomic mass is 9.85. The van der Waals surface area contributed by atoms with Crippen LogP contribution in [0.5, 0.6) is 0 Å². The molecule has 0 aliphatic carbocycles. The second-order valence-electron chi connectivity index (χ2n) is 7.14. The van der Waals surface area contributed by atoms with Crippen LogP contribution >= 0.6 is 0 Å². The molecule has 1 atom stereocenters. The molecule has 0 saturated heterocycles. The van der Waals surface area contributed by atoms with Crippen LogP contribution in [0.25, 0.3) is 5.69 Å². The Morgan fingerprint density at radius 2 is 1.74 bits per heavy atom. The third-order valence-corrected chi connectivity index (χ3v) is 4.93. The van der Waals surface area contributed by atoms with E-state index in [4.69, 9.17) is 0 Å². The summed E-state index contributed by atoms with van der Waals surface area (Å²) in [5, 5.41) is 7.59. The molecule has 136 valence electrons. The van der Waals surface area contributed by atoms with Gasteiger partial charge in [0.2, 0.25) is 5.91 Å². The highest BCUT2D eigenvalue weighted by atomic mass is 16.2. The number of hydrogen-bond acceptors (Lipinski definition) is 3. The normalized spacial score (nSPS) is 16.0. The number of amides is 1. The van der Waals surface area contributed by atoms with Crippen LogP contribution < -0.4 is 5.32 Å². The largest absolute Gasteiger partial charge is 0.310 e. The van der Waals surface area contributed by atoms with Crippen LogP contribution in [-0.4, -0.2) is 21.5 Å². The quantitative estimate of drug-likeness (QED) is 0.716. The lowest BCUT2D eigenvalue weighted by molar-refractivity contribution is -0.116. The molecule has 0 saturated carbocycles. The van der Waals surface area contributed by atoms with Crippen LogP contribution in [0.15, 0.2) is 48.5 Å². The molecule has 4 rings (SSSR count). The van der Waals surface area contributed by atoms with Crippen LogP contribution in [-0.2, 0) is 4.79 Å². The molecule has 2 aromatic carbocycles. The zero-order valence-corrected chi connectivity index (χ0v) is 15.6. The molecule has 1 unspecified atom stereocenters. The maximum Gasteiger partial charge on any atom is 0.226 e. The molecule has 1 amide bonds. The van der Waals surface area contributed by atoms with Crippen LogP contribution in [0, 0.1) is 20.8 Å².